The summed E-state index contributed by atoms with van der Waals surface area (Å²) in [5.41, 5.74) is 1.18. The lowest BCUT2D eigenvalue weighted by Gasteiger charge is -2.36. The Hall–Kier alpha value is -1.79. The summed E-state index contributed by atoms with van der Waals surface area (Å²) in [4.78, 5) is 17.3. The van der Waals surface area contributed by atoms with Crippen LogP contribution in [0.1, 0.15) is 37.7 Å². The molecule has 3 aliphatic heterocycles. The number of hydrogen-bond acceptors (Lipinski definition) is 5. The van der Waals surface area contributed by atoms with Crippen LogP contribution in [0.3, 0.4) is 0 Å². The Morgan fingerprint density at radius 3 is 2.18 bits per heavy atom. The molecule has 6 heteroatoms. The van der Waals surface area contributed by atoms with Gasteiger partial charge in [0.2, 0.25) is 5.91 Å². The number of piperidine rings is 1. The highest BCUT2D eigenvalue weighted by molar-refractivity contribution is 5.76. The summed E-state index contributed by atoms with van der Waals surface area (Å²) >= 11 is 0. The molecule has 3 aliphatic rings. The molecule has 0 saturated carbocycles. The molecule has 0 aromatic heterocycles. The highest BCUT2D eigenvalue weighted by Crippen LogP contribution is 2.33. The van der Waals surface area contributed by atoms with E-state index in [-0.39, 0.29) is 0 Å². The average molecular weight is 388 g/mol. The number of piperazine rings is 1. The van der Waals surface area contributed by atoms with Gasteiger partial charge in [0.1, 0.15) is 11.5 Å². The van der Waals surface area contributed by atoms with Gasteiger partial charge in [0.05, 0.1) is 14.2 Å². The topological polar surface area (TPSA) is 54.0 Å². The third-order valence-corrected chi connectivity index (χ3v) is 6.58. The first-order valence-corrected chi connectivity index (χ1v) is 10.6. The molecule has 28 heavy (non-hydrogen) atoms. The van der Waals surface area contributed by atoms with Gasteiger partial charge >= 0.3 is 0 Å². The number of hydrogen-bond donors (Lipinski definition) is 1. The van der Waals surface area contributed by atoms with Gasteiger partial charge in [-0.15, -0.1) is 0 Å². The standard InChI is InChI=1S/C22H33N3O3/c1-27-20-11-17(12-21(14-20)28-2)15-24-5-7-25(8-6-24)22(26)13-16-9-18-3-4-19(10-16)23-18/h11-12,14,16,18-19,23H,3-10,13,15H2,1-2H3. The Labute approximate surface area is 168 Å². The molecule has 3 saturated heterocycles. The molecule has 3 fully saturated rings. The van der Waals surface area contributed by atoms with E-state index in [1.807, 2.05) is 6.07 Å². The number of carbonyl (C=O) groups excluding carboxylic acids is 1. The van der Waals surface area contributed by atoms with E-state index in [9.17, 15) is 4.79 Å². The van der Waals surface area contributed by atoms with Gasteiger partial charge in [-0.3, -0.25) is 9.69 Å². The zero-order valence-electron chi connectivity index (χ0n) is 17.2. The van der Waals surface area contributed by atoms with Crippen LogP contribution in [0, 0.1) is 5.92 Å². The molecule has 0 spiro atoms. The molecule has 3 heterocycles. The predicted molar refractivity (Wildman–Crippen MR) is 109 cm³/mol. The van der Waals surface area contributed by atoms with Crippen molar-refractivity contribution in [2.75, 3.05) is 40.4 Å². The number of nitrogens with one attached hydrogen (secondary N) is 1. The van der Waals surface area contributed by atoms with Gasteiger partial charge in [-0.25, -0.2) is 0 Å². The van der Waals surface area contributed by atoms with E-state index < -0.39 is 0 Å². The SMILES string of the molecule is COc1cc(CN2CCN(C(=O)CC3CC4CCC(C3)N4)CC2)cc(OC)c1. The van der Waals surface area contributed by atoms with Crippen LogP contribution in [0.4, 0.5) is 0 Å². The number of fused-ring (bicyclic) bond motifs is 2. The maximum absolute atomic E-state index is 12.8. The molecule has 0 aliphatic carbocycles. The van der Waals surface area contributed by atoms with Crippen molar-refractivity contribution >= 4 is 5.91 Å². The molecule has 6 nitrogen and oxygen atoms in total. The fraction of sp³-hybridized carbons (Fsp3) is 0.682. The number of amides is 1. The Balaban J connectivity index is 1.26. The summed E-state index contributed by atoms with van der Waals surface area (Å²) < 4.78 is 10.7. The Bertz CT molecular complexity index is 653. The second-order valence-corrected chi connectivity index (χ2v) is 8.56. The molecule has 154 valence electrons. The van der Waals surface area contributed by atoms with E-state index in [2.05, 4.69) is 27.2 Å². The average Bonchev–Trinajstić information content (AvgIpc) is 3.06. The lowest BCUT2D eigenvalue weighted by atomic mass is 9.89. The van der Waals surface area contributed by atoms with Gasteiger partial charge in [0.25, 0.3) is 0 Å². The number of methoxy groups -OCH3 is 2. The van der Waals surface area contributed by atoms with Gasteiger partial charge in [-0.1, -0.05) is 0 Å². The van der Waals surface area contributed by atoms with Gasteiger partial charge < -0.3 is 19.7 Å². The van der Waals surface area contributed by atoms with E-state index in [0.29, 0.717) is 23.9 Å². The molecule has 2 atom stereocenters. The zero-order chi connectivity index (χ0) is 19.5. The normalized spacial score (nSPS) is 27.6. The zero-order valence-corrected chi connectivity index (χ0v) is 17.2. The third kappa shape index (κ3) is 4.61. The first kappa shape index (κ1) is 19.5. The number of rotatable bonds is 6. The van der Waals surface area contributed by atoms with Crippen molar-refractivity contribution in [3.8, 4) is 11.5 Å². The fourth-order valence-electron chi connectivity index (χ4n) is 5.09. The smallest absolute Gasteiger partial charge is 0.222 e. The van der Waals surface area contributed by atoms with Crippen LogP contribution in [-0.2, 0) is 11.3 Å². The largest absolute Gasteiger partial charge is 0.497 e. The van der Waals surface area contributed by atoms with E-state index in [1.54, 1.807) is 14.2 Å². The van der Waals surface area contributed by atoms with Crippen molar-refractivity contribution in [1.29, 1.82) is 0 Å². The molecule has 1 aromatic rings. The Morgan fingerprint density at radius 1 is 1.00 bits per heavy atom. The van der Waals surface area contributed by atoms with E-state index in [4.69, 9.17) is 9.47 Å². The van der Waals surface area contributed by atoms with Crippen LogP contribution >= 0.6 is 0 Å². The van der Waals surface area contributed by atoms with Gasteiger partial charge in [0, 0.05) is 57.3 Å². The summed E-state index contributed by atoms with van der Waals surface area (Å²) in [6.45, 7) is 4.36. The minimum absolute atomic E-state index is 0.356. The molecule has 1 N–H and O–H groups in total. The second kappa shape index (κ2) is 8.70. The first-order chi connectivity index (χ1) is 13.6. The second-order valence-electron chi connectivity index (χ2n) is 8.56. The summed E-state index contributed by atoms with van der Waals surface area (Å²) in [5, 5.41) is 3.67. The number of nitrogens with zero attached hydrogens (tertiary/aromatic N) is 2. The number of ether oxygens (including phenoxy) is 2. The number of carbonyl (C=O) groups is 1. The lowest BCUT2D eigenvalue weighted by molar-refractivity contribution is -0.134. The van der Waals surface area contributed by atoms with Crippen LogP contribution in [0.15, 0.2) is 18.2 Å². The van der Waals surface area contributed by atoms with Crippen LogP contribution in [0.5, 0.6) is 11.5 Å². The maximum Gasteiger partial charge on any atom is 0.222 e. The maximum atomic E-state index is 12.8. The van der Waals surface area contributed by atoms with Gasteiger partial charge in [-0.05, 0) is 49.3 Å². The van der Waals surface area contributed by atoms with Crippen molar-refractivity contribution in [2.24, 2.45) is 5.92 Å². The van der Waals surface area contributed by atoms with Crippen LogP contribution in [-0.4, -0.2) is 68.2 Å². The summed E-state index contributed by atoms with van der Waals surface area (Å²) in [5.74, 6) is 2.57. The quantitative estimate of drug-likeness (QED) is 0.812. The monoisotopic (exact) mass is 387 g/mol. The molecule has 2 bridgehead atoms. The predicted octanol–water partition coefficient (Wildman–Crippen LogP) is 2.27. The van der Waals surface area contributed by atoms with Crippen molar-refractivity contribution in [3.05, 3.63) is 23.8 Å². The summed E-state index contributed by atoms with van der Waals surface area (Å²) in [7, 11) is 3.35. The van der Waals surface area contributed by atoms with Crippen molar-refractivity contribution in [3.63, 3.8) is 0 Å². The minimum Gasteiger partial charge on any atom is -0.497 e. The van der Waals surface area contributed by atoms with Crippen LogP contribution < -0.4 is 14.8 Å². The molecule has 1 aromatic carbocycles. The van der Waals surface area contributed by atoms with E-state index >= 15 is 0 Å². The van der Waals surface area contributed by atoms with Crippen LogP contribution in [0.2, 0.25) is 0 Å². The molecular weight excluding hydrogens is 354 g/mol. The Morgan fingerprint density at radius 2 is 1.61 bits per heavy atom. The van der Waals surface area contributed by atoms with Crippen molar-refractivity contribution < 1.29 is 14.3 Å². The van der Waals surface area contributed by atoms with Crippen molar-refractivity contribution in [2.45, 2.75) is 50.7 Å². The van der Waals surface area contributed by atoms with Gasteiger partial charge in [0.15, 0.2) is 0 Å². The molecule has 4 rings (SSSR count). The van der Waals surface area contributed by atoms with E-state index in [0.717, 1.165) is 50.6 Å². The fourth-order valence-corrected chi connectivity index (χ4v) is 5.09. The summed E-state index contributed by atoms with van der Waals surface area (Å²) in [6, 6.07) is 7.34. The minimum atomic E-state index is 0.356. The highest BCUT2D eigenvalue weighted by atomic mass is 16.5. The number of benzene rings is 1. The van der Waals surface area contributed by atoms with Crippen LogP contribution in [0.25, 0.3) is 0 Å². The van der Waals surface area contributed by atoms with Gasteiger partial charge in [-0.2, -0.15) is 0 Å². The molecule has 1 amide bonds. The third-order valence-electron chi connectivity index (χ3n) is 6.58. The highest BCUT2D eigenvalue weighted by Gasteiger charge is 2.35. The first-order valence-electron chi connectivity index (χ1n) is 10.6. The lowest BCUT2D eigenvalue weighted by Crippen LogP contribution is -2.49. The van der Waals surface area contributed by atoms with Crippen molar-refractivity contribution in [1.82, 2.24) is 15.1 Å². The van der Waals surface area contributed by atoms with E-state index in [1.165, 1.54) is 31.2 Å². The molecular formula is C22H33N3O3. The molecule has 0 radical (unpaired) electrons. The molecule has 2 unspecified atom stereocenters. The summed E-state index contributed by atoms with van der Waals surface area (Å²) in [6.07, 6.45) is 5.69. The Kier molecular flexibility index (Phi) is 6.07.